The molecule has 0 aliphatic carbocycles. The monoisotopic (exact) mass is 243 g/mol. The van der Waals surface area contributed by atoms with Gasteiger partial charge in [0.15, 0.2) is 0 Å². The van der Waals surface area contributed by atoms with Crippen LogP contribution in [0.5, 0.6) is 0 Å². The van der Waals surface area contributed by atoms with E-state index in [0.29, 0.717) is 0 Å². The maximum Gasteiger partial charge on any atom is 0.110 e. The molecule has 0 bridgehead atoms. The summed E-state index contributed by atoms with van der Waals surface area (Å²) < 4.78 is 2.40. The van der Waals surface area contributed by atoms with E-state index in [4.69, 9.17) is 4.98 Å². The maximum atomic E-state index is 4.84. The zero-order chi connectivity index (χ0) is 12.8. The molecular formula is C15H21N3. The molecule has 1 aromatic carbocycles. The first-order chi connectivity index (χ1) is 8.55. The molecule has 2 heterocycles. The Morgan fingerprint density at radius 2 is 2.00 bits per heavy atom. The summed E-state index contributed by atoms with van der Waals surface area (Å²) in [5.74, 6) is 1.98. The minimum atomic E-state index is 0.0859. The standard InChI is InChI=1S/C15H21N3/c1-15(2,3)18-13-7-5-4-6-12(13)17-14(18)8-11-9-16-10-11/h4-7,11,16H,8-10H2,1-3H3. The molecule has 1 aromatic heterocycles. The average Bonchev–Trinajstić information content (AvgIpc) is 2.60. The molecule has 1 fully saturated rings. The lowest BCUT2D eigenvalue weighted by molar-refractivity contribution is 0.321. The van der Waals surface area contributed by atoms with Crippen LogP contribution in [-0.2, 0) is 12.0 Å². The normalized spacial score (nSPS) is 17.1. The summed E-state index contributed by atoms with van der Waals surface area (Å²) in [7, 11) is 0. The molecule has 3 rings (SSSR count). The summed E-state index contributed by atoms with van der Waals surface area (Å²) in [5, 5.41) is 3.34. The van der Waals surface area contributed by atoms with Gasteiger partial charge in [-0.2, -0.15) is 0 Å². The lowest BCUT2D eigenvalue weighted by atomic mass is 9.98. The van der Waals surface area contributed by atoms with Crippen molar-refractivity contribution >= 4 is 11.0 Å². The first kappa shape index (κ1) is 11.7. The Morgan fingerprint density at radius 3 is 2.61 bits per heavy atom. The van der Waals surface area contributed by atoms with Crippen molar-refractivity contribution in [1.29, 1.82) is 0 Å². The van der Waals surface area contributed by atoms with Crippen LogP contribution in [-0.4, -0.2) is 22.6 Å². The molecule has 96 valence electrons. The number of nitrogens with zero attached hydrogens (tertiary/aromatic N) is 2. The first-order valence-electron chi connectivity index (χ1n) is 6.73. The Bertz CT molecular complexity index is 559. The van der Waals surface area contributed by atoms with E-state index in [1.165, 1.54) is 11.3 Å². The lowest BCUT2D eigenvalue weighted by Gasteiger charge is -2.30. The van der Waals surface area contributed by atoms with E-state index in [9.17, 15) is 0 Å². The minimum absolute atomic E-state index is 0.0859. The van der Waals surface area contributed by atoms with Crippen LogP contribution in [0.3, 0.4) is 0 Å². The lowest BCUT2D eigenvalue weighted by Crippen LogP contribution is -2.43. The Hall–Kier alpha value is -1.35. The topological polar surface area (TPSA) is 29.9 Å². The van der Waals surface area contributed by atoms with Gasteiger partial charge in [-0.3, -0.25) is 0 Å². The highest BCUT2D eigenvalue weighted by Gasteiger charge is 2.25. The summed E-state index contributed by atoms with van der Waals surface area (Å²) >= 11 is 0. The van der Waals surface area contributed by atoms with E-state index in [1.54, 1.807) is 0 Å². The van der Waals surface area contributed by atoms with Crippen molar-refractivity contribution in [2.45, 2.75) is 32.7 Å². The Balaban J connectivity index is 2.10. The van der Waals surface area contributed by atoms with Gasteiger partial charge in [0.05, 0.1) is 11.0 Å². The third-order valence-corrected chi connectivity index (χ3v) is 3.64. The predicted molar refractivity (Wildman–Crippen MR) is 74.8 cm³/mol. The van der Waals surface area contributed by atoms with Crippen LogP contribution in [0.25, 0.3) is 11.0 Å². The predicted octanol–water partition coefficient (Wildman–Crippen LogP) is 2.55. The highest BCUT2D eigenvalue weighted by atomic mass is 15.1. The number of fused-ring (bicyclic) bond motifs is 1. The van der Waals surface area contributed by atoms with E-state index >= 15 is 0 Å². The Labute approximate surface area is 108 Å². The van der Waals surface area contributed by atoms with Crippen LogP contribution >= 0.6 is 0 Å². The molecule has 3 heteroatoms. The fourth-order valence-corrected chi connectivity index (χ4v) is 2.71. The smallest absolute Gasteiger partial charge is 0.110 e. The fraction of sp³-hybridized carbons (Fsp3) is 0.533. The molecule has 3 nitrogen and oxygen atoms in total. The average molecular weight is 243 g/mol. The summed E-state index contributed by atoms with van der Waals surface area (Å²) in [6, 6.07) is 8.45. The van der Waals surface area contributed by atoms with Gasteiger partial charge in [0.25, 0.3) is 0 Å². The quantitative estimate of drug-likeness (QED) is 0.878. The van der Waals surface area contributed by atoms with E-state index in [0.717, 1.165) is 30.9 Å². The first-order valence-corrected chi connectivity index (χ1v) is 6.73. The Morgan fingerprint density at radius 1 is 1.28 bits per heavy atom. The van der Waals surface area contributed by atoms with Gasteiger partial charge in [-0.25, -0.2) is 4.98 Å². The van der Waals surface area contributed by atoms with E-state index < -0.39 is 0 Å². The fourth-order valence-electron chi connectivity index (χ4n) is 2.71. The summed E-state index contributed by atoms with van der Waals surface area (Å²) in [6.45, 7) is 9.03. The van der Waals surface area contributed by atoms with Crippen LogP contribution in [0.15, 0.2) is 24.3 Å². The van der Waals surface area contributed by atoms with Crippen LogP contribution in [0, 0.1) is 5.92 Å². The zero-order valence-corrected chi connectivity index (χ0v) is 11.4. The number of aromatic nitrogens is 2. The highest BCUT2D eigenvalue weighted by molar-refractivity contribution is 5.76. The van der Waals surface area contributed by atoms with Crippen molar-refractivity contribution in [3.8, 4) is 0 Å². The molecule has 0 spiro atoms. The van der Waals surface area contributed by atoms with Crippen molar-refractivity contribution < 1.29 is 0 Å². The van der Waals surface area contributed by atoms with Crippen molar-refractivity contribution in [3.05, 3.63) is 30.1 Å². The second kappa shape index (κ2) is 4.09. The second-order valence-electron chi connectivity index (χ2n) is 6.25. The second-order valence-corrected chi connectivity index (χ2v) is 6.25. The molecule has 0 atom stereocenters. The number of para-hydroxylation sites is 2. The van der Waals surface area contributed by atoms with Crippen LogP contribution in [0.2, 0.25) is 0 Å². The van der Waals surface area contributed by atoms with Crippen LogP contribution < -0.4 is 5.32 Å². The van der Waals surface area contributed by atoms with Gasteiger partial charge in [-0.05, 0) is 51.9 Å². The number of rotatable bonds is 2. The third kappa shape index (κ3) is 1.93. The molecule has 0 radical (unpaired) electrons. The molecule has 2 aromatic rings. The molecular weight excluding hydrogens is 222 g/mol. The summed E-state index contributed by atoms with van der Waals surface area (Å²) in [6.07, 6.45) is 1.08. The van der Waals surface area contributed by atoms with Crippen LogP contribution in [0.1, 0.15) is 26.6 Å². The van der Waals surface area contributed by atoms with Gasteiger partial charge < -0.3 is 9.88 Å². The summed E-state index contributed by atoms with van der Waals surface area (Å²) in [5.41, 5.74) is 2.46. The van der Waals surface area contributed by atoms with E-state index in [2.05, 4.69) is 54.9 Å². The maximum absolute atomic E-state index is 4.84. The van der Waals surface area contributed by atoms with Crippen molar-refractivity contribution in [3.63, 3.8) is 0 Å². The van der Waals surface area contributed by atoms with Gasteiger partial charge in [0.2, 0.25) is 0 Å². The number of nitrogens with one attached hydrogen (secondary N) is 1. The van der Waals surface area contributed by atoms with Gasteiger partial charge in [0, 0.05) is 12.0 Å². The molecule has 1 N–H and O–H groups in total. The zero-order valence-electron chi connectivity index (χ0n) is 11.4. The van der Waals surface area contributed by atoms with Crippen molar-refractivity contribution in [2.75, 3.05) is 13.1 Å². The van der Waals surface area contributed by atoms with Crippen molar-refractivity contribution in [2.24, 2.45) is 5.92 Å². The highest BCUT2D eigenvalue weighted by Crippen LogP contribution is 2.26. The van der Waals surface area contributed by atoms with Gasteiger partial charge in [0.1, 0.15) is 5.82 Å². The van der Waals surface area contributed by atoms with Gasteiger partial charge in [-0.15, -0.1) is 0 Å². The molecule has 0 amide bonds. The third-order valence-electron chi connectivity index (χ3n) is 3.64. The van der Waals surface area contributed by atoms with Gasteiger partial charge >= 0.3 is 0 Å². The molecule has 1 saturated heterocycles. The largest absolute Gasteiger partial charge is 0.323 e. The number of benzene rings is 1. The number of hydrogen-bond donors (Lipinski definition) is 1. The van der Waals surface area contributed by atoms with Crippen molar-refractivity contribution in [1.82, 2.24) is 14.9 Å². The Kier molecular flexibility index (Phi) is 2.67. The minimum Gasteiger partial charge on any atom is -0.323 e. The molecule has 1 aliphatic heterocycles. The van der Waals surface area contributed by atoms with Crippen LogP contribution in [0.4, 0.5) is 0 Å². The molecule has 0 unspecified atom stereocenters. The van der Waals surface area contributed by atoms with E-state index in [1.807, 2.05) is 0 Å². The van der Waals surface area contributed by atoms with E-state index in [-0.39, 0.29) is 5.54 Å². The molecule has 0 saturated carbocycles. The molecule has 1 aliphatic rings. The SMILES string of the molecule is CC(C)(C)n1c(CC2CNC2)nc2ccccc21. The summed E-state index contributed by atoms with van der Waals surface area (Å²) in [4.78, 5) is 4.84. The number of imidazole rings is 1. The molecule has 18 heavy (non-hydrogen) atoms. The number of hydrogen-bond acceptors (Lipinski definition) is 2. The van der Waals surface area contributed by atoms with Gasteiger partial charge in [-0.1, -0.05) is 12.1 Å².